The van der Waals surface area contributed by atoms with E-state index >= 15 is 0 Å². The number of fused-ring (bicyclic) bond motifs is 1. The van der Waals surface area contributed by atoms with Crippen molar-refractivity contribution in [1.82, 2.24) is 15.1 Å². The van der Waals surface area contributed by atoms with Crippen LogP contribution in [0, 0.1) is 5.92 Å². The zero-order chi connectivity index (χ0) is 19.2. The number of aliphatic imine (C=N–C) groups is 1. The Labute approximate surface area is 168 Å². The van der Waals surface area contributed by atoms with Gasteiger partial charge >= 0.3 is 0 Å². The number of rotatable bonds is 4. The molecular weight excluding hydrogens is 352 g/mol. The van der Waals surface area contributed by atoms with Crippen LogP contribution in [0.2, 0.25) is 0 Å². The van der Waals surface area contributed by atoms with Crippen molar-refractivity contribution in [2.45, 2.75) is 38.0 Å². The monoisotopic (exact) mass is 386 g/mol. The summed E-state index contributed by atoms with van der Waals surface area (Å²) in [7, 11) is 1.88. The zero-order valence-electron chi connectivity index (χ0n) is 17.1. The highest BCUT2D eigenvalue weighted by molar-refractivity contribution is 5.80. The second kappa shape index (κ2) is 9.72. The lowest BCUT2D eigenvalue weighted by Gasteiger charge is -2.48. The molecule has 0 amide bonds. The summed E-state index contributed by atoms with van der Waals surface area (Å²) in [5.41, 5.74) is 1.43. The predicted molar refractivity (Wildman–Crippen MR) is 111 cm³/mol. The molecule has 3 atom stereocenters. The molecule has 3 fully saturated rings. The summed E-state index contributed by atoms with van der Waals surface area (Å²) in [5.74, 6) is 1.73. The number of nitrogens with zero attached hydrogens (tertiary/aromatic N) is 3. The third-order valence-electron chi connectivity index (χ3n) is 6.30. The molecule has 154 valence electrons. The van der Waals surface area contributed by atoms with E-state index in [2.05, 4.69) is 50.4 Å². The molecule has 1 aromatic rings. The second-order valence-electron chi connectivity index (χ2n) is 8.16. The van der Waals surface area contributed by atoms with Crippen molar-refractivity contribution in [3.63, 3.8) is 0 Å². The average molecular weight is 387 g/mol. The Morgan fingerprint density at radius 3 is 2.86 bits per heavy atom. The molecule has 1 N–H and O–H groups in total. The van der Waals surface area contributed by atoms with Crippen molar-refractivity contribution in [1.29, 1.82) is 0 Å². The van der Waals surface area contributed by atoms with Gasteiger partial charge in [-0.3, -0.25) is 9.89 Å². The van der Waals surface area contributed by atoms with Crippen molar-refractivity contribution >= 4 is 5.96 Å². The van der Waals surface area contributed by atoms with Crippen LogP contribution in [0.1, 0.15) is 24.8 Å². The second-order valence-corrected chi connectivity index (χ2v) is 8.16. The highest BCUT2D eigenvalue weighted by Crippen LogP contribution is 2.31. The molecule has 6 heteroatoms. The van der Waals surface area contributed by atoms with Gasteiger partial charge in [-0.15, -0.1) is 0 Å². The van der Waals surface area contributed by atoms with Crippen LogP contribution in [0.4, 0.5) is 0 Å². The number of piperidine rings is 2. The van der Waals surface area contributed by atoms with Gasteiger partial charge in [0.05, 0.1) is 25.9 Å². The molecule has 0 radical (unpaired) electrons. The molecule has 4 rings (SSSR count). The number of hydrogen-bond donors (Lipinski definition) is 1. The number of benzene rings is 1. The van der Waals surface area contributed by atoms with E-state index in [1.54, 1.807) is 0 Å². The molecular formula is C22H34N4O2. The van der Waals surface area contributed by atoms with Crippen LogP contribution in [0.3, 0.4) is 0 Å². The summed E-state index contributed by atoms with van der Waals surface area (Å²) >= 11 is 0. The molecule has 0 saturated carbocycles. The van der Waals surface area contributed by atoms with Gasteiger partial charge in [0.2, 0.25) is 0 Å². The van der Waals surface area contributed by atoms with Crippen LogP contribution in [0.5, 0.6) is 0 Å². The van der Waals surface area contributed by atoms with Gasteiger partial charge in [0.25, 0.3) is 0 Å². The molecule has 3 heterocycles. The van der Waals surface area contributed by atoms with Crippen LogP contribution < -0.4 is 5.32 Å². The van der Waals surface area contributed by atoms with Crippen LogP contribution in [0.25, 0.3) is 0 Å². The summed E-state index contributed by atoms with van der Waals surface area (Å²) in [5, 5.41) is 3.51. The third kappa shape index (κ3) is 4.85. The Morgan fingerprint density at radius 1 is 1.18 bits per heavy atom. The van der Waals surface area contributed by atoms with E-state index in [9.17, 15) is 0 Å². The van der Waals surface area contributed by atoms with Crippen molar-refractivity contribution < 1.29 is 9.47 Å². The van der Waals surface area contributed by atoms with Crippen molar-refractivity contribution in [3.8, 4) is 0 Å². The summed E-state index contributed by atoms with van der Waals surface area (Å²) in [6.45, 7) is 7.29. The fraction of sp³-hybridized carbons (Fsp3) is 0.682. The Hall–Kier alpha value is -1.63. The van der Waals surface area contributed by atoms with E-state index in [0.29, 0.717) is 25.9 Å². The van der Waals surface area contributed by atoms with Crippen LogP contribution in [-0.2, 0) is 16.0 Å². The van der Waals surface area contributed by atoms with Gasteiger partial charge in [-0.05, 0) is 37.3 Å². The normalized spacial score (nSPS) is 29.4. The van der Waals surface area contributed by atoms with E-state index in [0.717, 1.165) is 38.1 Å². The largest absolute Gasteiger partial charge is 0.376 e. The molecule has 0 aliphatic carbocycles. The van der Waals surface area contributed by atoms with Gasteiger partial charge in [0.1, 0.15) is 0 Å². The van der Waals surface area contributed by atoms with Gasteiger partial charge < -0.3 is 19.7 Å². The zero-order valence-corrected chi connectivity index (χ0v) is 17.1. The molecule has 0 aromatic heterocycles. The average Bonchev–Trinajstić information content (AvgIpc) is 2.76. The first kappa shape index (κ1) is 19.7. The van der Waals surface area contributed by atoms with Crippen LogP contribution in [0.15, 0.2) is 35.3 Å². The minimum absolute atomic E-state index is 0.124. The first-order valence-electron chi connectivity index (χ1n) is 10.8. The SMILES string of the molecule is CN=C(NCC1COCCO1)N1CCC2C(CCCN2Cc2ccccc2)C1. The lowest BCUT2D eigenvalue weighted by atomic mass is 9.83. The predicted octanol–water partition coefficient (Wildman–Crippen LogP) is 1.96. The molecule has 1 aromatic carbocycles. The Kier molecular flexibility index (Phi) is 6.83. The van der Waals surface area contributed by atoms with Gasteiger partial charge in [0, 0.05) is 39.3 Å². The van der Waals surface area contributed by atoms with E-state index in [4.69, 9.17) is 9.47 Å². The smallest absolute Gasteiger partial charge is 0.193 e. The van der Waals surface area contributed by atoms with Gasteiger partial charge in [-0.2, -0.15) is 0 Å². The van der Waals surface area contributed by atoms with E-state index in [1.807, 2.05) is 7.05 Å². The summed E-state index contributed by atoms with van der Waals surface area (Å²) in [4.78, 5) is 9.70. The van der Waals surface area contributed by atoms with Gasteiger partial charge in [-0.1, -0.05) is 30.3 Å². The van der Waals surface area contributed by atoms with Crippen molar-refractivity contribution in [2.75, 3.05) is 53.0 Å². The van der Waals surface area contributed by atoms with Crippen molar-refractivity contribution in [3.05, 3.63) is 35.9 Å². The van der Waals surface area contributed by atoms with Crippen molar-refractivity contribution in [2.24, 2.45) is 10.9 Å². The number of likely N-dealkylation sites (tertiary alicyclic amines) is 2. The number of guanidine groups is 1. The maximum absolute atomic E-state index is 5.75. The topological polar surface area (TPSA) is 49.3 Å². The molecule has 28 heavy (non-hydrogen) atoms. The Balaban J connectivity index is 1.32. The summed E-state index contributed by atoms with van der Waals surface area (Å²) < 4.78 is 11.2. The van der Waals surface area contributed by atoms with Gasteiger partial charge in [0.15, 0.2) is 5.96 Å². The van der Waals surface area contributed by atoms with Gasteiger partial charge in [-0.25, -0.2) is 0 Å². The molecule has 3 aliphatic rings. The molecule has 6 nitrogen and oxygen atoms in total. The molecule has 3 unspecified atom stereocenters. The van der Waals surface area contributed by atoms with E-state index < -0.39 is 0 Å². The number of hydrogen-bond acceptors (Lipinski definition) is 4. The quantitative estimate of drug-likeness (QED) is 0.633. The van der Waals surface area contributed by atoms with E-state index in [1.165, 1.54) is 31.4 Å². The maximum atomic E-state index is 5.75. The molecule has 3 aliphatic heterocycles. The maximum Gasteiger partial charge on any atom is 0.193 e. The molecule has 3 saturated heterocycles. The molecule has 0 bridgehead atoms. The Morgan fingerprint density at radius 2 is 2.07 bits per heavy atom. The molecule has 0 spiro atoms. The number of ether oxygens (including phenoxy) is 2. The fourth-order valence-corrected chi connectivity index (χ4v) is 4.91. The fourth-order valence-electron chi connectivity index (χ4n) is 4.91. The highest BCUT2D eigenvalue weighted by atomic mass is 16.6. The third-order valence-corrected chi connectivity index (χ3v) is 6.30. The minimum Gasteiger partial charge on any atom is -0.376 e. The Bertz CT molecular complexity index is 633. The minimum atomic E-state index is 0.124. The summed E-state index contributed by atoms with van der Waals surface area (Å²) in [6.07, 6.45) is 3.95. The standard InChI is InChI=1S/C22H34N4O2/c1-23-22(24-14-20-17-27-12-13-28-20)26-11-9-21-19(16-26)8-5-10-25(21)15-18-6-3-2-4-7-18/h2-4,6-7,19-21H,5,8-17H2,1H3,(H,23,24). The number of nitrogens with one attached hydrogen (secondary N) is 1. The highest BCUT2D eigenvalue weighted by Gasteiger charge is 2.36. The summed E-state index contributed by atoms with van der Waals surface area (Å²) in [6, 6.07) is 11.6. The lowest BCUT2D eigenvalue weighted by Crippen LogP contribution is -2.57. The van der Waals surface area contributed by atoms with Crippen LogP contribution >= 0.6 is 0 Å². The van der Waals surface area contributed by atoms with Crippen LogP contribution in [-0.4, -0.2) is 81.0 Å². The first-order valence-corrected chi connectivity index (χ1v) is 10.8. The lowest BCUT2D eigenvalue weighted by molar-refractivity contribution is -0.0852. The first-order chi connectivity index (χ1) is 13.8. The van der Waals surface area contributed by atoms with E-state index in [-0.39, 0.29) is 6.10 Å².